The standard InChI is InChI=1S/C12H28O2Si.3C2H5.Al/c1-5-7-9-11-15(13-3,14-4)12-10-8-6-2;3*1-2;/h5-12H2,1-4H3;3*1H2,2H3;. The molecule has 0 spiro atoms. The molecule has 0 aliphatic rings. The second kappa shape index (κ2) is 18.0. The number of hydrogen-bond donors (Lipinski definition) is 0. The molecule has 0 radical (unpaired) electrons. The van der Waals surface area contributed by atoms with Crippen LogP contribution in [0.2, 0.25) is 27.9 Å². The van der Waals surface area contributed by atoms with E-state index in [1.807, 2.05) is 14.2 Å². The zero-order valence-corrected chi connectivity index (χ0v) is 18.8. The van der Waals surface area contributed by atoms with Crippen LogP contribution >= 0.6 is 0 Å². The van der Waals surface area contributed by atoms with E-state index >= 15 is 0 Å². The number of unbranched alkanes of at least 4 members (excludes halogenated alkanes) is 4. The maximum absolute atomic E-state index is 5.70. The largest absolute Gasteiger partial charge is 0.398 e. The van der Waals surface area contributed by atoms with Gasteiger partial charge in [0.2, 0.25) is 0 Å². The first kappa shape index (κ1) is 24.9. The summed E-state index contributed by atoms with van der Waals surface area (Å²) in [5, 5.41) is 4.48. The van der Waals surface area contributed by atoms with Crippen molar-refractivity contribution in [2.75, 3.05) is 14.2 Å². The molecular formula is C18H43AlO2Si. The molecule has 0 saturated heterocycles. The van der Waals surface area contributed by atoms with Crippen molar-refractivity contribution in [1.29, 1.82) is 0 Å². The molecule has 0 aromatic carbocycles. The summed E-state index contributed by atoms with van der Waals surface area (Å²) in [4.78, 5) is 0. The van der Waals surface area contributed by atoms with Crippen molar-refractivity contribution >= 4 is 22.7 Å². The summed E-state index contributed by atoms with van der Waals surface area (Å²) in [7, 11) is 1.84. The Bertz CT molecular complexity index is 190. The second-order valence-corrected chi connectivity index (χ2v) is 14.1. The van der Waals surface area contributed by atoms with Crippen LogP contribution in [-0.2, 0) is 8.85 Å². The average molecular weight is 347 g/mol. The van der Waals surface area contributed by atoms with Crippen molar-refractivity contribution in [3.8, 4) is 0 Å². The molecule has 134 valence electrons. The minimum atomic E-state index is -1.82. The molecule has 0 N–H and O–H groups in total. The summed E-state index contributed by atoms with van der Waals surface area (Å²) in [5.41, 5.74) is 0. The minimum Gasteiger partial charge on any atom is -0.398 e. The summed E-state index contributed by atoms with van der Waals surface area (Å²) in [6.45, 7) is 11.4. The monoisotopic (exact) mass is 346 g/mol. The van der Waals surface area contributed by atoms with E-state index in [2.05, 4.69) is 34.6 Å². The van der Waals surface area contributed by atoms with Gasteiger partial charge in [-0.25, -0.2) is 0 Å². The van der Waals surface area contributed by atoms with Gasteiger partial charge in [0.25, 0.3) is 14.1 Å². The highest BCUT2D eigenvalue weighted by Crippen LogP contribution is 2.23. The fraction of sp³-hybridized carbons (Fsp3) is 1.00. The third-order valence-corrected chi connectivity index (χ3v) is 12.0. The van der Waals surface area contributed by atoms with Gasteiger partial charge in [-0.3, -0.25) is 0 Å². The highest BCUT2D eigenvalue weighted by atomic mass is 28.4. The summed E-state index contributed by atoms with van der Waals surface area (Å²) in [6, 6.07) is 2.33. The van der Waals surface area contributed by atoms with Crippen LogP contribution in [0.25, 0.3) is 0 Å². The van der Waals surface area contributed by atoms with Crippen LogP contribution in [0.15, 0.2) is 0 Å². The Hall–Kier alpha value is 0.669. The molecule has 0 rings (SSSR count). The first-order valence-electron chi connectivity index (χ1n) is 9.69. The normalized spacial score (nSPS) is 11.0. The summed E-state index contributed by atoms with van der Waals surface area (Å²) < 4.78 is 11.4. The fourth-order valence-electron chi connectivity index (χ4n) is 2.77. The van der Waals surface area contributed by atoms with Gasteiger partial charge in [-0.15, -0.1) is 0 Å². The van der Waals surface area contributed by atoms with Crippen molar-refractivity contribution in [2.45, 2.75) is 101 Å². The maximum atomic E-state index is 5.70. The van der Waals surface area contributed by atoms with E-state index in [0.717, 1.165) is 12.1 Å². The van der Waals surface area contributed by atoms with Crippen LogP contribution in [0.4, 0.5) is 0 Å². The molecule has 22 heavy (non-hydrogen) atoms. The Labute approximate surface area is 147 Å². The van der Waals surface area contributed by atoms with E-state index in [4.69, 9.17) is 8.85 Å². The predicted octanol–water partition coefficient (Wildman–Crippen LogP) is 6.64. The van der Waals surface area contributed by atoms with Gasteiger partial charge in [-0.2, -0.15) is 0 Å². The van der Waals surface area contributed by atoms with Crippen LogP contribution in [0.1, 0.15) is 73.1 Å². The van der Waals surface area contributed by atoms with E-state index < -0.39 is 8.56 Å². The molecule has 0 fully saturated rings. The van der Waals surface area contributed by atoms with Crippen molar-refractivity contribution in [2.24, 2.45) is 0 Å². The van der Waals surface area contributed by atoms with Crippen LogP contribution in [0.3, 0.4) is 0 Å². The Morgan fingerprint density at radius 3 is 1.18 bits per heavy atom. The van der Waals surface area contributed by atoms with Crippen molar-refractivity contribution in [3.05, 3.63) is 0 Å². The Morgan fingerprint density at radius 1 is 0.636 bits per heavy atom. The maximum Gasteiger partial charge on any atom is 0.337 e. The third kappa shape index (κ3) is 13.1. The molecule has 2 nitrogen and oxygen atoms in total. The molecule has 0 aromatic heterocycles. The molecule has 0 aliphatic heterocycles. The van der Waals surface area contributed by atoms with Crippen LogP contribution in [0.5, 0.6) is 0 Å². The molecule has 0 unspecified atom stereocenters. The van der Waals surface area contributed by atoms with E-state index in [0.29, 0.717) is 0 Å². The van der Waals surface area contributed by atoms with Gasteiger partial charge < -0.3 is 8.85 Å². The molecular weight excluding hydrogens is 303 g/mol. The number of rotatable bonds is 13. The first-order chi connectivity index (χ1) is 10.6. The lowest BCUT2D eigenvalue weighted by Crippen LogP contribution is -2.39. The molecule has 0 saturated carbocycles. The summed E-state index contributed by atoms with van der Waals surface area (Å²) in [5.74, 6) is 0. The topological polar surface area (TPSA) is 18.5 Å². The Morgan fingerprint density at radius 2 is 1.00 bits per heavy atom. The highest BCUT2D eigenvalue weighted by molar-refractivity contribution is 6.67. The Kier molecular flexibility index (Phi) is 20.4. The van der Waals surface area contributed by atoms with Gasteiger partial charge in [0.1, 0.15) is 0 Å². The fourth-order valence-corrected chi connectivity index (χ4v) is 7.31. The predicted molar refractivity (Wildman–Crippen MR) is 106 cm³/mol. The van der Waals surface area contributed by atoms with Gasteiger partial charge in [0, 0.05) is 14.2 Å². The summed E-state index contributed by atoms with van der Waals surface area (Å²) >= 11 is -0.171. The zero-order chi connectivity index (χ0) is 17.3. The molecule has 4 heteroatoms. The molecule has 0 aromatic rings. The molecule has 0 amide bonds. The smallest absolute Gasteiger partial charge is 0.337 e. The van der Waals surface area contributed by atoms with E-state index in [9.17, 15) is 0 Å². The lowest BCUT2D eigenvalue weighted by Gasteiger charge is -2.27. The number of hydrogen-bond acceptors (Lipinski definition) is 2. The zero-order valence-electron chi connectivity index (χ0n) is 16.7. The average Bonchev–Trinajstić information content (AvgIpc) is 2.56. The van der Waals surface area contributed by atoms with Crippen molar-refractivity contribution in [3.63, 3.8) is 0 Å². The van der Waals surface area contributed by atoms with Gasteiger partial charge in [-0.1, -0.05) is 89.0 Å². The van der Waals surface area contributed by atoms with Crippen LogP contribution in [0, 0.1) is 0 Å². The third-order valence-electron chi connectivity index (χ3n) is 4.80. The minimum absolute atomic E-state index is 0.171. The Balaban J connectivity index is 0. The quantitative estimate of drug-likeness (QED) is 0.275. The highest BCUT2D eigenvalue weighted by Gasteiger charge is 2.33. The first-order valence-corrected chi connectivity index (χ1v) is 14.4. The second-order valence-electron chi connectivity index (χ2n) is 6.32. The van der Waals surface area contributed by atoms with Gasteiger partial charge in [0.05, 0.1) is 0 Å². The molecule has 0 bridgehead atoms. The lowest BCUT2D eigenvalue weighted by atomic mass is 10.3. The molecule has 0 heterocycles. The van der Waals surface area contributed by atoms with Crippen molar-refractivity contribution in [1.82, 2.24) is 0 Å². The van der Waals surface area contributed by atoms with E-state index in [1.54, 1.807) is 0 Å². The lowest BCUT2D eigenvalue weighted by molar-refractivity contribution is 0.238. The molecule has 0 aliphatic carbocycles. The molecule has 0 atom stereocenters. The van der Waals surface area contributed by atoms with Crippen LogP contribution in [-0.4, -0.2) is 36.9 Å². The van der Waals surface area contributed by atoms with Gasteiger partial charge in [-0.05, 0) is 12.1 Å². The SMILES string of the molecule is CCCCC[Si](CCCCC)(OC)OC.C[CH2][Al]([CH2]C)[CH2]C. The van der Waals surface area contributed by atoms with Crippen LogP contribution < -0.4 is 0 Å². The van der Waals surface area contributed by atoms with E-state index in [1.165, 1.54) is 54.4 Å². The van der Waals surface area contributed by atoms with E-state index in [-0.39, 0.29) is 14.1 Å². The van der Waals surface area contributed by atoms with Crippen molar-refractivity contribution < 1.29 is 8.85 Å². The van der Waals surface area contributed by atoms with Gasteiger partial charge >= 0.3 is 8.56 Å². The van der Waals surface area contributed by atoms with Gasteiger partial charge in [0.15, 0.2) is 0 Å². The summed E-state index contributed by atoms with van der Waals surface area (Å²) in [6.07, 6.45) is 7.66.